The highest BCUT2D eigenvalue weighted by Gasteiger charge is 2.28. The highest BCUT2D eigenvalue weighted by molar-refractivity contribution is 5.46. The van der Waals surface area contributed by atoms with E-state index in [1.807, 2.05) is 20.0 Å². The van der Waals surface area contributed by atoms with E-state index in [4.69, 9.17) is 10.5 Å². The second-order valence-electron chi connectivity index (χ2n) is 4.81. The van der Waals surface area contributed by atoms with Gasteiger partial charge >= 0.3 is 0 Å². The van der Waals surface area contributed by atoms with E-state index in [2.05, 4.69) is 15.1 Å². The SMILES string of the molecule is CCn1cc(Oc2nc(C3CC3)nc(N)c2C)cn1. The molecule has 1 saturated carbocycles. The van der Waals surface area contributed by atoms with Crippen molar-refractivity contribution in [1.29, 1.82) is 0 Å². The summed E-state index contributed by atoms with van der Waals surface area (Å²) in [5, 5.41) is 4.17. The van der Waals surface area contributed by atoms with E-state index in [1.165, 1.54) is 0 Å². The van der Waals surface area contributed by atoms with E-state index < -0.39 is 0 Å². The van der Waals surface area contributed by atoms with Crippen LogP contribution in [0.1, 0.15) is 37.1 Å². The number of nitrogens with zero attached hydrogens (tertiary/aromatic N) is 4. The van der Waals surface area contributed by atoms with Crippen LogP contribution in [0.4, 0.5) is 5.82 Å². The Morgan fingerprint density at radius 3 is 2.84 bits per heavy atom. The van der Waals surface area contributed by atoms with Crippen molar-refractivity contribution in [3.63, 3.8) is 0 Å². The Bertz CT molecular complexity index is 603. The van der Waals surface area contributed by atoms with Crippen molar-refractivity contribution < 1.29 is 4.74 Å². The number of aryl methyl sites for hydroxylation is 1. The molecule has 1 fully saturated rings. The number of aromatic nitrogens is 4. The van der Waals surface area contributed by atoms with Gasteiger partial charge in [0.25, 0.3) is 0 Å². The Morgan fingerprint density at radius 1 is 1.42 bits per heavy atom. The summed E-state index contributed by atoms with van der Waals surface area (Å²) < 4.78 is 7.58. The van der Waals surface area contributed by atoms with E-state index in [-0.39, 0.29) is 0 Å². The predicted molar refractivity (Wildman–Crippen MR) is 71.1 cm³/mol. The molecule has 6 heteroatoms. The van der Waals surface area contributed by atoms with Gasteiger partial charge in [-0.15, -0.1) is 0 Å². The van der Waals surface area contributed by atoms with Crippen LogP contribution in [0, 0.1) is 6.92 Å². The Hall–Kier alpha value is -2.11. The van der Waals surface area contributed by atoms with Crippen LogP contribution in [0.25, 0.3) is 0 Å². The summed E-state index contributed by atoms with van der Waals surface area (Å²) >= 11 is 0. The molecule has 0 spiro atoms. The van der Waals surface area contributed by atoms with Gasteiger partial charge in [-0.25, -0.2) is 4.98 Å². The molecule has 0 aliphatic heterocycles. The van der Waals surface area contributed by atoms with Crippen LogP contribution in [0.3, 0.4) is 0 Å². The van der Waals surface area contributed by atoms with Crippen molar-refractivity contribution in [1.82, 2.24) is 19.7 Å². The van der Waals surface area contributed by atoms with Crippen LogP contribution in [0.15, 0.2) is 12.4 Å². The molecule has 2 aromatic heterocycles. The normalized spacial score (nSPS) is 14.6. The minimum absolute atomic E-state index is 0.448. The van der Waals surface area contributed by atoms with Crippen LogP contribution < -0.4 is 10.5 Å². The molecule has 0 saturated heterocycles. The lowest BCUT2D eigenvalue weighted by molar-refractivity contribution is 0.454. The Kier molecular flexibility index (Phi) is 2.85. The maximum Gasteiger partial charge on any atom is 0.227 e. The monoisotopic (exact) mass is 259 g/mol. The second-order valence-corrected chi connectivity index (χ2v) is 4.81. The summed E-state index contributed by atoms with van der Waals surface area (Å²) in [6.45, 7) is 4.70. The fourth-order valence-electron chi connectivity index (χ4n) is 1.84. The van der Waals surface area contributed by atoms with Crippen molar-refractivity contribution in [3.05, 3.63) is 23.8 Å². The second kappa shape index (κ2) is 4.53. The van der Waals surface area contributed by atoms with Crippen molar-refractivity contribution in [3.8, 4) is 11.6 Å². The van der Waals surface area contributed by atoms with Gasteiger partial charge in [0.05, 0.1) is 18.0 Å². The average molecular weight is 259 g/mol. The molecule has 6 nitrogen and oxygen atoms in total. The molecule has 2 aromatic rings. The topological polar surface area (TPSA) is 78.8 Å². The van der Waals surface area contributed by atoms with E-state index in [1.54, 1.807) is 10.9 Å². The van der Waals surface area contributed by atoms with Gasteiger partial charge in [0.1, 0.15) is 11.6 Å². The molecular formula is C13H17N5O. The maximum atomic E-state index is 5.92. The third-order valence-corrected chi connectivity index (χ3v) is 3.25. The summed E-state index contributed by atoms with van der Waals surface area (Å²) in [5.74, 6) is 2.94. The minimum atomic E-state index is 0.448. The van der Waals surface area contributed by atoms with Crippen LogP contribution in [0.5, 0.6) is 11.6 Å². The standard InChI is InChI=1S/C13H17N5O/c1-3-18-7-10(6-15-18)19-13-8(2)11(14)16-12(17-13)9-4-5-9/h6-7,9H,3-5H2,1-2H3,(H2,14,16,17). The lowest BCUT2D eigenvalue weighted by atomic mass is 10.3. The zero-order chi connectivity index (χ0) is 13.4. The smallest absolute Gasteiger partial charge is 0.227 e. The van der Waals surface area contributed by atoms with E-state index in [0.717, 1.165) is 30.8 Å². The number of anilines is 1. The van der Waals surface area contributed by atoms with Gasteiger partial charge in [0, 0.05) is 12.5 Å². The summed E-state index contributed by atoms with van der Waals surface area (Å²) in [6, 6.07) is 0. The van der Waals surface area contributed by atoms with Gasteiger partial charge in [-0.05, 0) is 26.7 Å². The molecule has 2 N–H and O–H groups in total. The maximum absolute atomic E-state index is 5.92. The fourth-order valence-corrected chi connectivity index (χ4v) is 1.84. The Morgan fingerprint density at radius 2 is 2.21 bits per heavy atom. The van der Waals surface area contributed by atoms with Gasteiger partial charge in [0.2, 0.25) is 5.88 Å². The summed E-state index contributed by atoms with van der Waals surface area (Å²) in [6.07, 6.45) is 5.79. The highest BCUT2D eigenvalue weighted by atomic mass is 16.5. The zero-order valence-corrected chi connectivity index (χ0v) is 11.1. The fraction of sp³-hybridized carbons (Fsp3) is 0.462. The molecule has 2 heterocycles. The zero-order valence-electron chi connectivity index (χ0n) is 11.1. The summed E-state index contributed by atoms with van der Waals surface area (Å²) in [4.78, 5) is 8.80. The van der Waals surface area contributed by atoms with Crippen LogP contribution in [0.2, 0.25) is 0 Å². The molecule has 100 valence electrons. The number of nitrogens with two attached hydrogens (primary N) is 1. The molecule has 1 aliphatic carbocycles. The molecule has 0 amide bonds. The minimum Gasteiger partial charge on any atom is -0.435 e. The number of hydrogen-bond donors (Lipinski definition) is 1. The predicted octanol–water partition coefficient (Wildman–Crippen LogP) is 2.25. The first-order valence-corrected chi connectivity index (χ1v) is 6.51. The van der Waals surface area contributed by atoms with Gasteiger partial charge in [-0.3, -0.25) is 4.68 Å². The largest absolute Gasteiger partial charge is 0.435 e. The molecule has 0 bridgehead atoms. The molecular weight excluding hydrogens is 242 g/mol. The van der Waals surface area contributed by atoms with Gasteiger partial charge in [-0.2, -0.15) is 10.1 Å². The van der Waals surface area contributed by atoms with Gasteiger partial charge in [0.15, 0.2) is 5.75 Å². The first-order chi connectivity index (χ1) is 9.17. The van der Waals surface area contributed by atoms with Crippen molar-refractivity contribution in [2.75, 3.05) is 5.73 Å². The lowest BCUT2D eigenvalue weighted by Crippen LogP contribution is -2.04. The lowest BCUT2D eigenvalue weighted by Gasteiger charge is -2.09. The van der Waals surface area contributed by atoms with E-state index in [9.17, 15) is 0 Å². The molecule has 3 rings (SSSR count). The Balaban J connectivity index is 1.90. The first-order valence-electron chi connectivity index (χ1n) is 6.51. The number of ether oxygens (including phenoxy) is 1. The van der Waals surface area contributed by atoms with Crippen molar-refractivity contribution >= 4 is 5.82 Å². The van der Waals surface area contributed by atoms with Crippen LogP contribution in [-0.2, 0) is 6.54 Å². The van der Waals surface area contributed by atoms with E-state index in [0.29, 0.717) is 23.4 Å². The molecule has 0 unspecified atom stereocenters. The molecule has 0 atom stereocenters. The third-order valence-electron chi connectivity index (χ3n) is 3.25. The molecule has 0 radical (unpaired) electrons. The quantitative estimate of drug-likeness (QED) is 0.911. The van der Waals surface area contributed by atoms with Crippen LogP contribution >= 0.6 is 0 Å². The third kappa shape index (κ3) is 2.38. The number of hydrogen-bond acceptors (Lipinski definition) is 5. The number of nitrogen functional groups attached to an aromatic ring is 1. The molecule has 1 aliphatic rings. The highest BCUT2D eigenvalue weighted by Crippen LogP contribution is 2.40. The van der Waals surface area contributed by atoms with E-state index >= 15 is 0 Å². The van der Waals surface area contributed by atoms with Crippen molar-refractivity contribution in [2.45, 2.75) is 39.2 Å². The van der Waals surface area contributed by atoms with Crippen molar-refractivity contribution in [2.24, 2.45) is 0 Å². The van der Waals surface area contributed by atoms with Crippen LogP contribution in [-0.4, -0.2) is 19.7 Å². The van der Waals surface area contributed by atoms with Gasteiger partial charge in [-0.1, -0.05) is 0 Å². The summed E-state index contributed by atoms with van der Waals surface area (Å²) in [7, 11) is 0. The summed E-state index contributed by atoms with van der Waals surface area (Å²) in [5.41, 5.74) is 6.69. The molecule has 0 aromatic carbocycles. The van der Waals surface area contributed by atoms with Gasteiger partial charge < -0.3 is 10.5 Å². The first kappa shape index (κ1) is 12.0. The Labute approximate surface area is 111 Å². The number of rotatable bonds is 4. The molecule has 19 heavy (non-hydrogen) atoms. The average Bonchev–Trinajstić information content (AvgIpc) is 3.15.